The minimum Gasteiger partial charge on any atom is -0.495 e. The molecule has 0 saturated carbocycles. The quantitative estimate of drug-likeness (QED) is 0.160. The number of rotatable bonds is 8. The van der Waals surface area contributed by atoms with Gasteiger partial charge in [-0.15, -0.1) is 0 Å². The highest BCUT2D eigenvalue weighted by molar-refractivity contribution is 6.38. The number of methoxy groups -OCH3 is 1. The lowest BCUT2D eigenvalue weighted by molar-refractivity contribution is 0.278. The summed E-state index contributed by atoms with van der Waals surface area (Å²) < 4.78 is 7.58. The highest BCUT2D eigenvalue weighted by Gasteiger charge is 2.30. The summed E-state index contributed by atoms with van der Waals surface area (Å²) in [6.45, 7) is 3.65. The fourth-order valence-corrected chi connectivity index (χ4v) is 5.24. The van der Waals surface area contributed by atoms with Crippen LogP contribution in [-0.4, -0.2) is 52.6 Å². The van der Waals surface area contributed by atoms with Crippen molar-refractivity contribution < 1.29 is 4.74 Å². The molecule has 1 atom stereocenters. The average molecular weight is 562 g/mol. The predicted molar refractivity (Wildman–Crippen MR) is 159 cm³/mol. The van der Waals surface area contributed by atoms with E-state index in [1.54, 1.807) is 19.7 Å². The van der Waals surface area contributed by atoms with Gasteiger partial charge in [-0.25, -0.2) is 4.98 Å². The zero-order valence-electron chi connectivity index (χ0n) is 21.8. The molecule has 1 unspecified atom stereocenters. The standard InChI is InChI=1S/C30H30Cl2N6O/c1-20-17-38(19-35-20)28-12-7-23(15-29(28)39-2)27(36-33)16-34-26-13-14-37(18-26)30(21-3-8-24(31)9-4-21)22-5-10-25(32)11-6-22/h3-12,15-17,19,26,30H,13-14,18,33H2,1-2H3/b34-16?,36-27+. The molecule has 0 radical (unpaired) electrons. The first kappa shape index (κ1) is 26.9. The molecule has 2 heterocycles. The van der Waals surface area contributed by atoms with E-state index in [1.165, 1.54) is 11.1 Å². The monoisotopic (exact) mass is 560 g/mol. The van der Waals surface area contributed by atoms with Crippen LogP contribution in [0.3, 0.4) is 0 Å². The van der Waals surface area contributed by atoms with E-state index < -0.39 is 0 Å². The number of aliphatic imine (C=N–C) groups is 1. The molecular formula is C30H30Cl2N6O. The number of ether oxygens (including phenoxy) is 1. The van der Waals surface area contributed by atoms with E-state index in [9.17, 15) is 0 Å². The van der Waals surface area contributed by atoms with Crippen LogP contribution in [0.1, 0.15) is 34.8 Å². The number of imidazole rings is 1. The molecule has 39 heavy (non-hydrogen) atoms. The number of nitrogens with two attached hydrogens (primary N) is 1. The van der Waals surface area contributed by atoms with Crippen LogP contribution in [0.4, 0.5) is 0 Å². The number of aromatic nitrogens is 2. The molecule has 1 aliphatic heterocycles. The number of halogens is 2. The van der Waals surface area contributed by atoms with Gasteiger partial charge in [-0.05, 0) is 60.9 Å². The Balaban J connectivity index is 1.34. The second kappa shape index (κ2) is 12.0. The van der Waals surface area contributed by atoms with E-state index in [4.69, 9.17) is 38.8 Å². The van der Waals surface area contributed by atoms with Crippen molar-refractivity contribution in [3.63, 3.8) is 0 Å². The smallest absolute Gasteiger partial charge is 0.143 e. The first-order valence-electron chi connectivity index (χ1n) is 12.7. The van der Waals surface area contributed by atoms with Crippen molar-refractivity contribution >= 4 is 35.1 Å². The number of nitrogens with zero attached hydrogens (tertiary/aromatic N) is 5. The summed E-state index contributed by atoms with van der Waals surface area (Å²) >= 11 is 12.4. The van der Waals surface area contributed by atoms with Crippen molar-refractivity contribution in [3.05, 3.63) is 112 Å². The first-order chi connectivity index (χ1) is 18.9. The maximum absolute atomic E-state index is 6.18. The normalized spacial score (nSPS) is 16.4. The van der Waals surface area contributed by atoms with Crippen molar-refractivity contribution in [2.24, 2.45) is 15.9 Å². The number of likely N-dealkylation sites (tertiary alicyclic amines) is 1. The summed E-state index contributed by atoms with van der Waals surface area (Å²) in [5.41, 5.74) is 5.59. The largest absolute Gasteiger partial charge is 0.495 e. The Hall–Kier alpha value is -3.65. The van der Waals surface area contributed by atoms with Crippen LogP contribution in [0.5, 0.6) is 5.75 Å². The van der Waals surface area contributed by atoms with Crippen LogP contribution in [0.2, 0.25) is 10.0 Å². The fourth-order valence-electron chi connectivity index (χ4n) is 4.99. The van der Waals surface area contributed by atoms with Gasteiger partial charge >= 0.3 is 0 Å². The Labute approximate surface area is 238 Å². The molecular weight excluding hydrogens is 531 g/mol. The van der Waals surface area contributed by atoms with Gasteiger partial charge in [-0.2, -0.15) is 5.10 Å². The number of hydrogen-bond donors (Lipinski definition) is 1. The SMILES string of the molecule is COc1cc(/C(C=NC2CCN(C(c3ccc(Cl)cc3)c3ccc(Cl)cc3)C2)=N/N)ccc1-n1cnc(C)c1. The maximum atomic E-state index is 6.18. The zero-order valence-corrected chi connectivity index (χ0v) is 23.3. The molecule has 4 aromatic rings. The van der Waals surface area contributed by atoms with Crippen LogP contribution < -0.4 is 10.6 Å². The molecule has 9 heteroatoms. The van der Waals surface area contributed by atoms with E-state index in [2.05, 4.69) is 39.3 Å². The molecule has 0 aliphatic carbocycles. The molecule has 0 amide bonds. The molecule has 200 valence electrons. The van der Waals surface area contributed by atoms with Gasteiger partial charge in [0.1, 0.15) is 11.5 Å². The summed E-state index contributed by atoms with van der Waals surface area (Å²) in [5, 5.41) is 5.46. The molecule has 1 fully saturated rings. The van der Waals surface area contributed by atoms with Gasteiger partial charge in [0.25, 0.3) is 0 Å². The van der Waals surface area contributed by atoms with Gasteiger partial charge in [0.05, 0.1) is 36.9 Å². The summed E-state index contributed by atoms with van der Waals surface area (Å²) in [7, 11) is 1.64. The lowest BCUT2D eigenvalue weighted by atomic mass is 9.97. The minimum absolute atomic E-state index is 0.0750. The number of hydrazone groups is 1. The Morgan fingerprint density at radius 1 is 1.05 bits per heavy atom. The van der Waals surface area contributed by atoms with Crippen LogP contribution >= 0.6 is 23.2 Å². The summed E-state index contributed by atoms with van der Waals surface area (Å²) in [5.74, 6) is 6.49. The third-order valence-corrected chi connectivity index (χ3v) is 7.45. The molecule has 0 spiro atoms. The Morgan fingerprint density at radius 2 is 1.72 bits per heavy atom. The van der Waals surface area contributed by atoms with Crippen LogP contribution in [0, 0.1) is 6.92 Å². The van der Waals surface area contributed by atoms with Gasteiger partial charge < -0.3 is 15.1 Å². The first-order valence-corrected chi connectivity index (χ1v) is 13.5. The second-order valence-corrected chi connectivity index (χ2v) is 10.4. The molecule has 1 aliphatic rings. The lowest BCUT2D eigenvalue weighted by Gasteiger charge is -2.28. The van der Waals surface area contributed by atoms with E-state index in [-0.39, 0.29) is 12.1 Å². The molecule has 7 nitrogen and oxygen atoms in total. The van der Waals surface area contributed by atoms with Crippen molar-refractivity contribution in [1.82, 2.24) is 14.5 Å². The predicted octanol–water partition coefficient (Wildman–Crippen LogP) is 6.09. The number of aryl methyl sites for hydroxylation is 1. The van der Waals surface area contributed by atoms with E-state index in [0.717, 1.165) is 46.5 Å². The highest BCUT2D eigenvalue weighted by atomic mass is 35.5. The van der Waals surface area contributed by atoms with Gasteiger partial charge in [-0.3, -0.25) is 9.89 Å². The lowest BCUT2D eigenvalue weighted by Crippen LogP contribution is -2.28. The summed E-state index contributed by atoms with van der Waals surface area (Å²) in [4.78, 5) is 11.6. The Kier molecular flexibility index (Phi) is 8.31. The molecule has 0 bridgehead atoms. The van der Waals surface area contributed by atoms with Crippen molar-refractivity contribution in [2.45, 2.75) is 25.4 Å². The fraction of sp³-hybridized carbons (Fsp3) is 0.233. The van der Waals surface area contributed by atoms with Gasteiger partial charge in [-0.1, -0.05) is 53.5 Å². The molecule has 5 rings (SSSR count). The van der Waals surface area contributed by atoms with E-state index in [1.807, 2.05) is 60.2 Å². The van der Waals surface area contributed by atoms with Gasteiger partial charge in [0, 0.05) is 41.1 Å². The topological polar surface area (TPSA) is 81.0 Å². The highest BCUT2D eigenvalue weighted by Crippen LogP contribution is 2.33. The minimum atomic E-state index is 0.0750. The summed E-state index contributed by atoms with van der Waals surface area (Å²) in [6, 6.07) is 22.1. The van der Waals surface area contributed by atoms with Crippen LogP contribution in [0.15, 0.2) is 89.3 Å². The second-order valence-electron chi connectivity index (χ2n) is 9.54. The van der Waals surface area contributed by atoms with E-state index >= 15 is 0 Å². The number of benzene rings is 3. The Morgan fingerprint density at radius 3 is 2.28 bits per heavy atom. The molecule has 1 saturated heterocycles. The third-order valence-electron chi connectivity index (χ3n) is 6.94. The van der Waals surface area contributed by atoms with Crippen LogP contribution in [-0.2, 0) is 0 Å². The van der Waals surface area contributed by atoms with Gasteiger partial charge in [0.15, 0.2) is 0 Å². The van der Waals surface area contributed by atoms with Crippen LogP contribution in [0.25, 0.3) is 5.69 Å². The molecule has 3 aromatic carbocycles. The molecule has 1 aromatic heterocycles. The van der Waals surface area contributed by atoms with Crippen molar-refractivity contribution in [3.8, 4) is 11.4 Å². The third kappa shape index (κ3) is 6.17. The number of hydrogen-bond acceptors (Lipinski definition) is 6. The zero-order chi connectivity index (χ0) is 27.4. The van der Waals surface area contributed by atoms with Gasteiger partial charge in [0.2, 0.25) is 0 Å². The molecule has 2 N–H and O–H groups in total. The Bertz CT molecular complexity index is 1430. The van der Waals surface area contributed by atoms with E-state index in [0.29, 0.717) is 11.5 Å². The average Bonchev–Trinajstić information content (AvgIpc) is 3.60. The summed E-state index contributed by atoms with van der Waals surface area (Å²) in [6.07, 6.45) is 6.40. The maximum Gasteiger partial charge on any atom is 0.143 e. The van der Waals surface area contributed by atoms with Crippen molar-refractivity contribution in [1.29, 1.82) is 0 Å². The van der Waals surface area contributed by atoms with Crippen molar-refractivity contribution in [2.75, 3.05) is 20.2 Å².